The molecule has 1 saturated heterocycles. The van der Waals surface area contributed by atoms with E-state index in [0.29, 0.717) is 49.7 Å². The van der Waals surface area contributed by atoms with Crippen LogP contribution in [-0.2, 0) is 27.4 Å². The summed E-state index contributed by atoms with van der Waals surface area (Å²) in [6.45, 7) is 4.16. The van der Waals surface area contributed by atoms with E-state index in [2.05, 4.69) is 20.5 Å². The summed E-state index contributed by atoms with van der Waals surface area (Å²) >= 11 is 0. The maximum absolute atomic E-state index is 14.0. The predicted molar refractivity (Wildman–Crippen MR) is 151 cm³/mol. The Balaban J connectivity index is 1.45. The van der Waals surface area contributed by atoms with Crippen LogP contribution in [0.2, 0.25) is 0 Å². The maximum Gasteiger partial charge on any atom is 0.247 e. The summed E-state index contributed by atoms with van der Waals surface area (Å²) in [7, 11) is 1.60. The molecule has 0 aliphatic carbocycles. The van der Waals surface area contributed by atoms with Gasteiger partial charge in [0.05, 0.1) is 25.8 Å². The van der Waals surface area contributed by atoms with Gasteiger partial charge in [0.25, 0.3) is 0 Å². The third-order valence-corrected chi connectivity index (χ3v) is 7.09. The highest BCUT2D eigenvalue weighted by atomic mass is 16.5. The molecule has 208 valence electrons. The molecule has 40 heavy (non-hydrogen) atoms. The number of benzene rings is 3. The van der Waals surface area contributed by atoms with Crippen LogP contribution in [0.3, 0.4) is 0 Å². The van der Waals surface area contributed by atoms with Crippen molar-refractivity contribution in [3.63, 3.8) is 0 Å². The zero-order chi connectivity index (χ0) is 27.7. The van der Waals surface area contributed by atoms with Crippen LogP contribution in [0, 0.1) is 0 Å². The van der Waals surface area contributed by atoms with Crippen LogP contribution in [0.1, 0.15) is 17.2 Å². The molecule has 10 heteroatoms. The first-order valence-corrected chi connectivity index (χ1v) is 13.5. The zero-order valence-corrected chi connectivity index (χ0v) is 22.6. The van der Waals surface area contributed by atoms with Gasteiger partial charge in [-0.15, -0.1) is 5.10 Å². The van der Waals surface area contributed by atoms with Gasteiger partial charge >= 0.3 is 0 Å². The number of nitrogens with zero attached hydrogens (tertiary/aromatic N) is 5. The van der Waals surface area contributed by atoms with Gasteiger partial charge in [0.15, 0.2) is 0 Å². The first kappa shape index (κ1) is 27.3. The van der Waals surface area contributed by atoms with E-state index < -0.39 is 6.04 Å². The average Bonchev–Trinajstić information content (AvgIpc) is 3.41. The molecule has 1 aliphatic rings. The van der Waals surface area contributed by atoms with Crippen molar-refractivity contribution in [2.45, 2.75) is 19.1 Å². The lowest BCUT2D eigenvalue weighted by Crippen LogP contribution is -2.49. The summed E-state index contributed by atoms with van der Waals surface area (Å²) in [6.07, 6.45) is 0. The molecule has 5 rings (SSSR count). The molecule has 1 unspecified atom stereocenters. The minimum atomic E-state index is -0.849. The fourth-order valence-electron chi connectivity index (χ4n) is 4.87. The topological polar surface area (TPSA) is 102 Å². The fraction of sp³-hybridized carbons (Fsp3) is 0.333. The number of nitrogens with one attached hydrogen (secondary N) is 1. The molecule has 10 nitrogen and oxygen atoms in total. The number of methoxy groups -OCH3 is 1. The Hall–Kier alpha value is -4.28. The largest absolute Gasteiger partial charge is 0.497 e. The second kappa shape index (κ2) is 13.2. The SMILES string of the molecule is COc1ccc(C(C(=O)NCc2ccccc2)N(CCN2CCOCC2)C(=O)Cn2nnc3ccccc32)cc1. The van der Waals surface area contributed by atoms with Crippen molar-refractivity contribution in [3.05, 3.63) is 90.0 Å². The Morgan fingerprint density at radius 3 is 2.48 bits per heavy atom. The summed E-state index contributed by atoms with van der Waals surface area (Å²) in [5.41, 5.74) is 3.15. The van der Waals surface area contributed by atoms with E-state index in [-0.39, 0.29) is 18.4 Å². The van der Waals surface area contributed by atoms with Crippen LogP contribution >= 0.6 is 0 Å². The van der Waals surface area contributed by atoms with Crippen molar-refractivity contribution in [3.8, 4) is 5.75 Å². The van der Waals surface area contributed by atoms with Crippen molar-refractivity contribution in [2.75, 3.05) is 46.5 Å². The highest BCUT2D eigenvalue weighted by molar-refractivity contribution is 5.89. The molecule has 0 radical (unpaired) electrons. The van der Waals surface area contributed by atoms with Crippen molar-refractivity contribution < 1.29 is 19.1 Å². The van der Waals surface area contributed by atoms with Gasteiger partial charge < -0.3 is 19.7 Å². The molecule has 0 spiro atoms. The molecule has 2 amide bonds. The first-order valence-electron chi connectivity index (χ1n) is 13.5. The number of rotatable bonds is 11. The molecule has 2 heterocycles. The number of morpholine rings is 1. The molecule has 1 atom stereocenters. The van der Waals surface area contributed by atoms with Gasteiger partial charge in [0, 0.05) is 32.7 Å². The van der Waals surface area contributed by atoms with Crippen LogP contribution in [0.4, 0.5) is 0 Å². The number of amides is 2. The number of hydrogen-bond donors (Lipinski definition) is 1. The fourth-order valence-corrected chi connectivity index (χ4v) is 4.87. The summed E-state index contributed by atoms with van der Waals surface area (Å²) in [5, 5.41) is 11.5. The summed E-state index contributed by atoms with van der Waals surface area (Å²) in [5.74, 6) is 0.194. The van der Waals surface area contributed by atoms with Crippen LogP contribution in [0.25, 0.3) is 11.0 Å². The van der Waals surface area contributed by atoms with E-state index in [1.54, 1.807) is 16.7 Å². The minimum Gasteiger partial charge on any atom is -0.497 e. The molecule has 1 aromatic heterocycles. The van der Waals surface area contributed by atoms with E-state index >= 15 is 0 Å². The monoisotopic (exact) mass is 542 g/mol. The van der Waals surface area contributed by atoms with E-state index in [1.807, 2.05) is 78.9 Å². The summed E-state index contributed by atoms with van der Waals surface area (Å²) in [4.78, 5) is 31.8. The molecule has 3 aromatic carbocycles. The standard InChI is InChI=1S/C30H34N6O4/c1-39-25-13-11-24(12-14-25)29(30(38)31-21-23-7-3-2-4-8-23)35(16-15-34-17-19-40-20-18-34)28(37)22-36-27-10-6-5-9-26(27)32-33-36/h2-14,29H,15-22H2,1H3,(H,31,38). The van der Waals surface area contributed by atoms with Gasteiger partial charge in [-0.25, -0.2) is 4.68 Å². The molecule has 0 saturated carbocycles. The molecular weight excluding hydrogens is 508 g/mol. The van der Waals surface area contributed by atoms with Gasteiger partial charge in [-0.2, -0.15) is 0 Å². The Morgan fingerprint density at radius 2 is 1.73 bits per heavy atom. The zero-order valence-electron chi connectivity index (χ0n) is 22.6. The lowest BCUT2D eigenvalue weighted by Gasteiger charge is -2.34. The van der Waals surface area contributed by atoms with E-state index in [1.165, 1.54) is 0 Å². The maximum atomic E-state index is 14.0. The number of aromatic nitrogens is 3. The molecular formula is C30H34N6O4. The molecule has 4 aromatic rings. The van der Waals surface area contributed by atoms with Crippen molar-refractivity contribution in [2.24, 2.45) is 0 Å². The molecule has 1 aliphatic heterocycles. The number of carbonyl (C=O) groups excluding carboxylic acids is 2. The smallest absolute Gasteiger partial charge is 0.247 e. The Labute approximate surface area is 233 Å². The second-order valence-electron chi connectivity index (χ2n) is 9.66. The highest BCUT2D eigenvalue weighted by Crippen LogP contribution is 2.25. The minimum absolute atomic E-state index is 0.0394. The van der Waals surface area contributed by atoms with Gasteiger partial charge in [-0.05, 0) is 35.4 Å². The van der Waals surface area contributed by atoms with E-state index in [4.69, 9.17) is 9.47 Å². The quantitative estimate of drug-likeness (QED) is 0.311. The summed E-state index contributed by atoms with van der Waals surface area (Å²) in [6, 6.07) is 23.7. The van der Waals surface area contributed by atoms with E-state index in [0.717, 1.165) is 24.2 Å². The lowest BCUT2D eigenvalue weighted by atomic mass is 10.0. The van der Waals surface area contributed by atoms with Gasteiger partial charge in [0.2, 0.25) is 11.8 Å². The Kier molecular flexibility index (Phi) is 9.00. The predicted octanol–water partition coefficient (Wildman–Crippen LogP) is 2.66. The summed E-state index contributed by atoms with van der Waals surface area (Å²) < 4.78 is 12.4. The number of ether oxygens (including phenoxy) is 2. The third-order valence-electron chi connectivity index (χ3n) is 7.09. The van der Waals surface area contributed by atoms with Crippen molar-refractivity contribution in [1.82, 2.24) is 30.1 Å². The van der Waals surface area contributed by atoms with Crippen molar-refractivity contribution in [1.29, 1.82) is 0 Å². The third kappa shape index (κ3) is 6.64. The average molecular weight is 543 g/mol. The Morgan fingerprint density at radius 1 is 1.00 bits per heavy atom. The molecule has 0 bridgehead atoms. The first-order chi connectivity index (χ1) is 19.6. The molecule has 1 fully saturated rings. The van der Waals surface area contributed by atoms with Gasteiger partial charge in [-0.1, -0.05) is 59.8 Å². The van der Waals surface area contributed by atoms with Gasteiger partial charge in [0.1, 0.15) is 23.9 Å². The van der Waals surface area contributed by atoms with Crippen LogP contribution in [0.5, 0.6) is 5.75 Å². The number of para-hydroxylation sites is 1. The van der Waals surface area contributed by atoms with Crippen LogP contribution < -0.4 is 10.1 Å². The van der Waals surface area contributed by atoms with Crippen molar-refractivity contribution >= 4 is 22.8 Å². The normalized spacial score (nSPS) is 14.5. The number of hydrogen-bond acceptors (Lipinski definition) is 7. The molecule has 1 N–H and O–H groups in total. The second-order valence-corrected chi connectivity index (χ2v) is 9.66. The highest BCUT2D eigenvalue weighted by Gasteiger charge is 2.32. The number of carbonyl (C=O) groups is 2. The van der Waals surface area contributed by atoms with Crippen LogP contribution in [-0.4, -0.2) is 83.1 Å². The van der Waals surface area contributed by atoms with E-state index in [9.17, 15) is 9.59 Å². The lowest BCUT2D eigenvalue weighted by molar-refractivity contribution is -0.142. The number of fused-ring (bicyclic) bond motifs is 1. The Bertz CT molecular complexity index is 1400. The van der Waals surface area contributed by atoms with Gasteiger partial charge in [-0.3, -0.25) is 14.5 Å². The van der Waals surface area contributed by atoms with Crippen LogP contribution in [0.15, 0.2) is 78.9 Å².